The molecule has 0 saturated carbocycles. The molecule has 14 heavy (non-hydrogen) atoms. The van der Waals surface area contributed by atoms with Crippen molar-refractivity contribution >= 4 is 11.3 Å². The van der Waals surface area contributed by atoms with E-state index in [0.29, 0.717) is 16.6 Å². The van der Waals surface area contributed by atoms with E-state index in [2.05, 4.69) is 9.97 Å². The predicted molar refractivity (Wildman–Crippen MR) is 53.6 cm³/mol. The van der Waals surface area contributed by atoms with Gasteiger partial charge in [-0.1, -0.05) is 11.3 Å². The lowest BCUT2D eigenvalue weighted by molar-refractivity contribution is 0.412. The van der Waals surface area contributed by atoms with Gasteiger partial charge in [0.25, 0.3) is 5.19 Å². The Morgan fingerprint density at radius 2 is 2.36 bits per heavy atom. The highest BCUT2D eigenvalue weighted by Crippen LogP contribution is 2.29. The molecule has 1 N–H and O–H groups in total. The lowest BCUT2D eigenvalue weighted by Gasteiger charge is -1.97. The zero-order valence-electron chi connectivity index (χ0n) is 7.47. The van der Waals surface area contributed by atoms with Crippen LogP contribution in [0.1, 0.15) is 0 Å². The minimum absolute atomic E-state index is 0.125. The van der Waals surface area contributed by atoms with Gasteiger partial charge in [-0.25, -0.2) is 4.98 Å². The van der Waals surface area contributed by atoms with Crippen LogP contribution in [0.4, 0.5) is 0 Å². The Bertz CT molecular complexity index is 442. The highest BCUT2D eigenvalue weighted by atomic mass is 32.1. The summed E-state index contributed by atoms with van der Waals surface area (Å²) in [5, 5.41) is 11.9. The van der Waals surface area contributed by atoms with Crippen molar-refractivity contribution in [3.05, 3.63) is 23.7 Å². The molecule has 72 valence electrons. The van der Waals surface area contributed by atoms with Crippen molar-refractivity contribution in [2.45, 2.75) is 0 Å². The molecule has 0 radical (unpaired) electrons. The lowest BCUT2D eigenvalue weighted by atomic mass is 10.3. The first-order valence-corrected chi connectivity index (χ1v) is 4.83. The fraction of sp³-hybridized carbons (Fsp3) is 0.111. The SMILES string of the molecule is COc1nc(-c2ncccc2O)cs1. The summed E-state index contributed by atoms with van der Waals surface area (Å²) in [6.45, 7) is 0. The first-order chi connectivity index (χ1) is 6.81. The zero-order valence-corrected chi connectivity index (χ0v) is 8.28. The number of pyridine rings is 1. The Morgan fingerprint density at radius 1 is 1.50 bits per heavy atom. The Hall–Kier alpha value is -1.62. The van der Waals surface area contributed by atoms with E-state index in [0.717, 1.165) is 0 Å². The van der Waals surface area contributed by atoms with Gasteiger partial charge in [-0.3, -0.25) is 4.98 Å². The largest absolute Gasteiger partial charge is 0.506 e. The monoisotopic (exact) mass is 208 g/mol. The highest BCUT2D eigenvalue weighted by Gasteiger charge is 2.09. The number of hydrogen-bond donors (Lipinski definition) is 1. The van der Waals surface area contributed by atoms with Crippen LogP contribution in [0.25, 0.3) is 11.4 Å². The summed E-state index contributed by atoms with van der Waals surface area (Å²) >= 11 is 1.37. The molecule has 0 fully saturated rings. The molecule has 0 aliphatic heterocycles. The van der Waals surface area contributed by atoms with Crippen molar-refractivity contribution in [3.8, 4) is 22.3 Å². The summed E-state index contributed by atoms with van der Waals surface area (Å²) in [5.41, 5.74) is 1.11. The third-order valence-corrected chi connectivity index (χ3v) is 2.49. The molecule has 2 heterocycles. The van der Waals surface area contributed by atoms with Gasteiger partial charge in [-0.2, -0.15) is 0 Å². The number of methoxy groups -OCH3 is 1. The lowest BCUT2D eigenvalue weighted by Crippen LogP contribution is -1.85. The second kappa shape index (κ2) is 3.63. The number of aromatic hydroxyl groups is 1. The average molecular weight is 208 g/mol. The second-order valence-corrected chi connectivity index (χ2v) is 3.39. The van der Waals surface area contributed by atoms with E-state index < -0.39 is 0 Å². The zero-order chi connectivity index (χ0) is 9.97. The van der Waals surface area contributed by atoms with E-state index in [1.54, 1.807) is 30.8 Å². The molecule has 2 aromatic heterocycles. The molecule has 0 unspecified atom stereocenters. The number of hydrogen-bond acceptors (Lipinski definition) is 5. The van der Waals surface area contributed by atoms with Gasteiger partial charge in [0.2, 0.25) is 0 Å². The van der Waals surface area contributed by atoms with Crippen LogP contribution in [0, 0.1) is 0 Å². The van der Waals surface area contributed by atoms with Gasteiger partial charge >= 0.3 is 0 Å². The molecular weight excluding hydrogens is 200 g/mol. The molecule has 0 spiro atoms. The molecule has 5 heteroatoms. The summed E-state index contributed by atoms with van der Waals surface area (Å²) in [5.74, 6) is 0.125. The first kappa shape index (κ1) is 8.96. The van der Waals surface area contributed by atoms with Crippen LogP contribution >= 0.6 is 11.3 Å². The minimum atomic E-state index is 0.125. The van der Waals surface area contributed by atoms with Crippen LogP contribution in [-0.2, 0) is 0 Å². The summed E-state index contributed by atoms with van der Waals surface area (Å²) in [6.07, 6.45) is 1.61. The van der Waals surface area contributed by atoms with Crippen molar-refractivity contribution in [2.75, 3.05) is 7.11 Å². The van der Waals surface area contributed by atoms with Gasteiger partial charge in [0.15, 0.2) is 0 Å². The topological polar surface area (TPSA) is 55.2 Å². The number of ether oxygens (including phenoxy) is 1. The number of nitrogens with zero attached hydrogens (tertiary/aromatic N) is 2. The van der Waals surface area contributed by atoms with E-state index in [1.807, 2.05) is 0 Å². The molecule has 2 aromatic rings. The maximum Gasteiger partial charge on any atom is 0.273 e. The normalized spacial score (nSPS) is 10.1. The molecule has 0 saturated heterocycles. The van der Waals surface area contributed by atoms with Gasteiger partial charge in [0.1, 0.15) is 17.1 Å². The maximum absolute atomic E-state index is 9.51. The molecule has 0 aliphatic carbocycles. The number of rotatable bonds is 2. The molecule has 0 bridgehead atoms. The first-order valence-electron chi connectivity index (χ1n) is 3.95. The molecule has 0 aliphatic rings. The predicted octanol–water partition coefficient (Wildman–Crippen LogP) is 1.92. The Morgan fingerprint density at radius 3 is 3.00 bits per heavy atom. The molecule has 2 rings (SSSR count). The molecular formula is C9H8N2O2S. The van der Waals surface area contributed by atoms with Crippen LogP contribution in [0.3, 0.4) is 0 Å². The molecule has 0 atom stereocenters. The van der Waals surface area contributed by atoms with Crippen molar-refractivity contribution in [2.24, 2.45) is 0 Å². The maximum atomic E-state index is 9.51. The van der Waals surface area contributed by atoms with Gasteiger partial charge in [-0.15, -0.1) is 0 Å². The summed E-state index contributed by atoms with van der Waals surface area (Å²) in [7, 11) is 1.56. The fourth-order valence-corrected chi connectivity index (χ4v) is 1.68. The fourth-order valence-electron chi connectivity index (χ4n) is 1.05. The van der Waals surface area contributed by atoms with Crippen molar-refractivity contribution < 1.29 is 9.84 Å². The van der Waals surface area contributed by atoms with E-state index in [-0.39, 0.29) is 5.75 Å². The van der Waals surface area contributed by atoms with E-state index in [9.17, 15) is 5.11 Å². The van der Waals surface area contributed by atoms with Crippen LogP contribution in [-0.4, -0.2) is 22.2 Å². The Balaban J connectivity index is 2.44. The number of aromatic nitrogens is 2. The standard InChI is InChI=1S/C9H8N2O2S/c1-13-9-11-6(5-14-9)8-7(12)3-2-4-10-8/h2-5,12H,1H3. The van der Waals surface area contributed by atoms with Gasteiger partial charge in [0, 0.05) is 11.6 Å². The highest BCUT2D eigenvalue weighted by molar-refractivity contribution is 7.11. The Kier molecular flexibility index (Phi) is 2.32. The molecule has 0 amide bonds. The van der Waals surface area contributed by atoms with E-state index >= 15 is 0 Å². The third kappa shape index (κ3) is 1.54. The van der Waals surface area contributed by atoms with Gasteiger partial charge in [-0.05, 0) is 12.1 Å². The third-order valence-electron chi connectivity index (χ3n) is 1.69. The quantitative estimate of drug-likeness (QED) is 0.819. The minimum Gasteiger partial charge on any atom is -0.506 e. The van der Waals surface area contributed by atoms with Gasteiger partial charge < -0.3 is 9.84 Å². The van der Waals surface area contributed by atoms with E-state index in [4.69, 9.17) is 4.74 Å². The number of thiazole rings is 1. The van der Waals surface area contributed by atoms with Crippen LogP contribution < -0.4 is 4.74 Å². The van der Waals surface area contributed by atoms with Gasteiger partial charge in [0.05, 0.1) is 7.11 Å². The molecule has 4 nitrogen and oxygen atoms in total. The van der Waals surface area contributed by atoms with Crippen LogP contribution in [0.2, 0.25) is 0 Å². The summed E-state index contributed by atoms with van der Waals surface area (Å²) in [4.78, 5) is 8.17. The smallest absolute Gasteiger partial charge is 0.273 e. The summed E-state index contributed by atoms with van der Waals surface area (Å²) < 4.78 is 4.95. The average Bonchev–Trinajstić information content (AvgIpc) is 2.67. The van der Waals surface area contributed by atoms with Crippen LogP contribution in [0.5, 0.6) is 10.9 Å². The van der Waals surface area contributed by atoms with Crippen molar-refractivity contribution in [1.29, 1.82) is 0 Å². The molecule has 0 aromatic carbocycles. The van der Waals surface area contributed by atoms with Crippen LogP contribution in [0.15, 0.2) is 23.7 Å². The van der Waals surface area contributed by atoms with E-state index in [1.165, 1.54) is 11.3 Å². The van der Waals surface area contributed by atoms with Crippen molar-refractivity contribution in [3.63, 3.8) is 0 Å². The van der Waals surface area contributed by atoms with Crippen molar-refractivity contribution in [1.82, 2.24) is 9.97 Å². The summed E-state index contributed by atoms with van der Waals surface area (Å²) in [6, 6.07) is 3.25. The second-order valence-electron chi connectivity index (χ2n) is 2.57. The Labute approximate surface area is 84.8 Å².